The van der Waals surface area contributed by atoms with Gasteiger partial charge in [0.05, 0.1) is 19.0 Å². The molecule has 1 aliphatic heterocycles. The van der Waals surface area contributed by atoms with Crippen LogP contribution in [0.1, 0.15) is 16.6 Å². The number of fused-ring (bicyclic) bond motifs is 1. The zero-order chi connectivity index (χ0) is 22.2. The monoisotopic (exact) mass is 438 g/mol. The average molecular weight is 438 g/mol. The van der Waals surface area contributed by atoms with E-state index >= 15 is 0 Å². The van der Waals surface area contributed by atoms with Gasteiger partial charge in [0.15, 0.2) is 23.2 Å². The number of nitrogens with one attached hydrogen (secondary N) is 1. The molecule has 0 aliphatic carbocycles. The number of rotatable bonds is 5. The number of carbonyl (C=O) groups excluding carboxylic acids is 1. The van der Waals surface area contributed by atoms with Crippen molar-refractivity contribution in [3.05, 3.63) is 48.5 Å². The summed E-state index contributed by atoms with van der Waals surface area (Å²) in [5.41, 5.74) is 6.40. The fourth-order valence-corrected chi connectivity index (χ4v) is 3.33. The van der Waals surface area contributed by atoms with Gasteiger partial charge in [-0.25, -0.2) is 15.0 Å². The summed E-state index contributed by atoms with van der Waals surface area (Å²) in [6.07, 6.45) is -6.79. The molecule has 31 heavy (non-hydrogen) atoms. The zero-order valence-corrected chi connectivity index (χ0v) is 15.7. The molecule has 1 amide bonds. The first-order valence-electron chi connectivity index (χ1n) is 9.09. The number of hydrogen-bond acceptors (Lipinski definition) is 8. The van der Waals surface area contributed by atoms with Gasteiger partial charge in [-0.1, -0.05) is 18.2 Å². The van der Waals surface area contributed by atoms with Crippen molar-refractivity contribution in [2.24, 2.45) is 5.73 Å². The van der Waals surface area contributed by atoms with Gasteiger partial charge in [-0.15, -0.1) is 13.2 Å². The summed E-state index contributed by atoms with van der Waals surface area (Å²) in [7, 11) is 0. The number of halogens is 3. The van der Waals surface area contributed by atoms with Crippen molar-refractivity contribution in [3.8, 4) is 0 Å². The van der Waals surface area contributed by atoms with Crippen molar-refractivity contribution in [1.82, 2.24) is 19.5 Å². The quantitative estimate of drug-likeness (QED) is 0.540. The zero-order valence-electron chi connectivity index (χ0n) is 15.7. The summed E-state index contributed by atoms with van der Waals surface area (Å²) < 4.78 is 49.6. The van der Waals surface area contributed by atoms with Gasteiger partial charge in [-0.2, -0.15) is 0 Å². The standard InChI is InChI=1S/C18H17F3N6O4/c19-18(20,21)31-13-11(22)10(6-28)30-17(13)27-8-25-12-14(23-7-24-15(12)27)26-16(29)9-4-2-1-3-5-9/h1-5,7-8,10-11,13,17,28H,6,22H2,(H,23,24,26,29)/t10-,11-,13-,17-/m1/s1. The van der Waals surface area contributed by atoms with Crippen LogP contribution in [-0.4, -0.2) is 61.8 Å². The van der Waals surface area contributed by atoms with Crippen LogP contribution >= 0.6 is 0 Å². The molecule has 0 spiro atoms. The smallest absolute Gasteiger partial charge is 0.394 e. The molecular weight excluding hydrogens is 421 g/mol. The molecule has 0 unspecified atom stereocenters. The third-order valence-corrected chi connectivity index (χ3v) is 4.75. The number of hydrogen-bond donors (Lipinski definition) is 3. The highest BCUT2D eigenvalue weighted by Crippen LogP contribution is 2.36. The highest BCUT2D eigenvalue weighted by atomic mass is 19.4. The fraction of sp³-hybridized carbons (Fsp3) is 0.333. The van der Waals surface area contributed by atoms with E-state index in [2.05, 4.69) is 25.0 Å². The van der Waals surface area contributed by atoms with Crippen molar-refractivity contribution >= 4 is 22.9 Å². The molecule has 164 valence electrons. The van der Waals surface area contributed by atoms with E-state index in [0.29, 0.717) is 5.56 Å². The molecule has 3 aromatic rings. The van der Waals surface area contributed by atoms with Crippen LogP contribution in [0.3, 0.4) is 0 Å². The van der Waals surface area contributed by atoms with Crippen molar-refractivity contribution in [2.45, 2.75) is 30.8 Å². The first-order chi connectivity index (χ1) is 14.8. The summed E-state index contributed by atoms with van der Waals surface area (Å²) in [6, 6.07) is 7.10. The Kier molecular flexibility index (Phi) is 5.58. The van der Waals surface area contributed by atoms with Crippen molar-refractivity contribution in [3.63, 3.8) is 0 Å². The second kappa shape index (κ2) is 8.19. The SMILES string of the molecule is N[C@H]1[C@@H](OC(F)(F)F)[C@H](n2cnc3c(NC(=O)c4ccccc4)ncnc32)O[C@@H]1CO. The molecule has 0 saturated carbocycles. The molecule has 1 aliphatic rings. The maximum absolute atomic E-state index is 12.9. The Morgan fingerprint density at radius 2 is 2.00 bits per heavy atom. The third kappa shape index (κ3) is 4.20. The van der Waals surface area contributed by atoms with Gasteiger partial charge in [0.25, 0.3) is 5.91 Å². The summed E-state index contributed by atoms with van der Waals surface area (Å²) in [5, 5.41) is 12.0. The Balaban J connectivity index is 1.67. The molecule has 4 N–H and O–H groups in total. The largest absolute Gasteiger partial charge is 0.522 e. The average Bonchev–Trinajstić information content (AvgIpc) is 3.30. The number of ether oxygens (including phenoxy) is 2. The second-order valence-electron chi connectivity index (χ2n) is 6.72. The maximum atomic E-state index is 12.9. The maximum Gasteiger partial charge on any atom is 0.522 e. The number of amides is 1. The fourth-order valence-electron chi connectivity index (χ4n) is 3.33. The molecule has 1 saturated heterocycles. The number of carbonyl (C=O) groups is 1. The molecule has 13 heteroatoms. The van der Waals surface area contributed by atoms with Crippen LogP contribution in [0.5, 0.6) is 0 Å². The Morgan fingerprint density at radius 1 is 1.26 bits per heavy atom. The van der Waals surface area contributed by atoms with Crippen molar-refractivity contribution in [1.29, 1.82) is 0 Å². The number of aliphatic hydroxyl groups excluding tert-OH is 1. The van der Waals surface area contributed by atoms with Crippen LogP contribution in [0.2, 0.25) is 0 Å². The minimum absolute atomic E-state index is 0.0619. The summed E-state index contributed by atoms with van der Waals surface area (Å²) >= 11 is 0. The predicted molar refractivity (Wildman–Crippen MR) is 99.6 cm³/mol. The first-order valence-corrected chi connectivity index (χ1v) is 9.09. The van der Waals surface area contributed by atoms with E-state index in [1.54, 1.807) is 30.3 Å². The van der Waals surface area contributed by atoms with Crippen LogP contribution in [0.15, 0.2) is 43.0 Å². The molecule has 0 bridgehead atoms. The van der Waals surface area contributed by atoms with E-state index in [1.807, 2.05) is 0 Å². The van der Waals surface area contributed by atoms with Crippen LogP contribution in [-0.2, 0) is 9.47 Å². The lowest BCUT2D eigenvalue weighted by Gasteiger charge is -2.23. The molecule has 3 heterocycles. The molecule has 1 aromatic carbocycles. The van der Waals surface area contributed by atoms with Crippen molar-refractivity contribution in [2.75, 3.05) is 11.9 Å². The Bertz CT molecular complexity index is 1080. The third-order valence-electron chi connectivity index (χ3n) is 4.75. The van der Waals surface area contributed by atoms with Gasteiger partial charge >= 0.3 is 6.36 Å². The van der Waals surface area contributed by atoms with Gasteiger partial charge in [0, 0.05) is 5.56 Å². The number of imidazole rings is 1. The normalized spacial score (nSPS) is 23.9. The van der Waals surface area contributed by atoms with Gasteiger partial charge in [0.2, 0.25) is 0 Å². The molecule has 4 rings (SSSR count). The minimum Gasteiger partial charge on any atom is -0.394 e. The highest BCUT2D eigenvalue weighted by molar-refractivity contribution is 6.06. The highest BCUT2D eigenvalue weighted by Gasteiger charge is 2.50. The number of anilines is 1. The molecule has 0 radical (unpaired) electrons. The molecular formula is C18H17F3N6O4. The van der Waals surface area contributed by atoms with E-state index in [1.165, 1.54) is 10.9 Å². The summed E-state index contributed by atoms with van der Waals surface area (Å²) in [4.78, 5) is 24.6. The van der Waals surface area contributed by atoms with Gasteiger partial charge < -0.3 is 20.9 Å². The predicted octanol–water partition coefficient (Wildman–Crippen LogP) is 1.20. The number of nitrogens with zero attached hydrogens (tertiary/aromatic N) is 4. The Morgan fingerprint density at radius 3 is 2.68 bits per heavy atom. The lowest BCUT2D eigenvalue weighted by atomic mass is 10.1. The van der Waals surface area contributed by atoms with Crippen LogP contribution < -0.4 is 11.1 Å². The van der Waals surface area contributed by atoms with E-state index in [9.17, 15) is 23.1 Å². The topological polar surface area (TPSA) is 137 Å². The van der Waals surface area contributed by atoms with E-state index in [4.69, 9.17) is 10.5 Å². The molecule has 10 nitrogen and oxygen atoms in total. The van der Waals surface area contributed by atoms with Crippen LogP contribution in [0.25, 0.3) is 11.2 Å². The Labute approximate surface area is 172 Å². The Hall–Kier alpha value is -3.13. The number of aliphatic hydroxyl groups is 1. The number of benzene rings is 1. The number of nitrogens with two attached hydrogens (primary N) is 1. The van der Waals surface area contributed by atoms with E-state index < -0.39 is 43.4 Å². The van der Waals surface area contributed by atoms with E-state index in [-0.39, 0.29) is 17.0 Å². The van der Waals surface area contributed by atoms with Gasteiger partial charge in [0.1, 0.15) is 18.5 Å². The number of alkyl halides is 3. The second-order valence-corrected chi connectivity index (χ2v) is 6.72. The lowest BCUT2D eigenvalue weighted by molar-refractivity contribution is -0.350. The molecule has 1 fully saturated rings. The molecule has 2 aromatic heterocycles. The van der Waals surface area contributed by atoms with Crippen LogP contribution in [0.4, 0.5) is 19.0 Å². The van der Waals surface area contributed by atoms with Gasteiger partial charge in [-0.3, -0.25) is 14.1 Å². The first kappa shape index (κ1) is 21.1. The number of aromatic nitrogens is 4. The van der Waals surface area contributed by atoms with Crippen LogP contribution in [0, 0.1) is 0 Å². The van der Waals surface area contributed by atoms with E-state index in [0.717, 1.165) is 6.33 Å². The summed E-state index contributed by atoms with van der Waals surface area (Å²) in [6.45, 7) is -0.602. The van der Waals surface area contributed by atoms with Crippen molar-refractivity contribution < 1.29 is 32.5 Å². The van der Waals surface area contributed by atoms with Gasteiger partial charge in [-0.05, 0) is 12.1 Å². The lowest BCUT2D eigenvalue weighted by Crippen LogP contribution is -2.45. The summed E-state index contributed by atoms with van der Waals surface area (Å²) in [5.74, 6) is -0.389. The molecule has 4 atom stereocenters. The minimum atomic E-state index is -4.98.